The lowest BCUT2D eigenvalue weighted by atomic mass is 10.0. The number of carbonyl (C=O) groups is 2. The summed E-state index contributed by atoms with van der Waals surface area (Å²) >= 11 is 0. The molecule has 0 atom stereocenters. The highest BCUT2D eigenvalue weighted by atomic mass is 16.4. The lowest BCUT2D eigenvalue weighted by Crippen LogP contribution is -2.22. The van der Waals surface area contributed by atoms with Gasteiger partial charge in [0.15, 0.2) is 5.78 Å². The summed E-state index contributed by atoms with van der Waals surface area (Å²) in [5, 5.41) is 12.3. The molecule has 0 unspecified atom stereocenters. The molecule has 0 bridgehead atoms. The van der Waals surface area contributed by atoms with Gasteiger partial charge in [-0.15, -0.1) is 0 Å². The van der Waals surface area contributed by atoms with E-state index in [2.05, 4.69) is 0 Å². The maximum atomic E-state index is 11.7. The summed E-state index contributed by atoms with van der Waals surface area (Å²) in [5.41, 5.74) is 0.546. The molecule has 0 aromatic heterocycles. The molecule has 0 aliphatic heterocycles. The number of aliphatic carboxylic acids is 1. The van der Waals surface area contributed by atoms with Crippen molar-refractivity contribution in [1.29, 1.82) is 0 Å². The van der Waals surface area contributed by atoms with Gasteiger partial charge in [-0.25, -0.2) is 0 Å². The van der Waals surface area contributed by atoms with Crippen molar-refractivity contribution in [2.75, 3.05) is 0 Å². The third kappa shape index (κ3) is 2.69. The fourth-order valence-corrected chi connectivity index (χ4v) is 1.72. The van der Waals surface area contributed by atoms with Gasteiger partial charge in [0.1, 0.15) is 0 Å². The first-order chi connectivity index (χ1) is 8.16. The first kappa shape index (κ1) is 11.3. The van der Waals surface area contributed by atoms with Crippen LogP contribution in [0.3, 0.4) is 0 Å². The predicted octanol–water partition coefficient (Wildman–Crippen LogP) is 1.55. The molecule has 2 aromatic rings. The van der Waals surface area contributed by atoms with E-state index in [-0.39, 0.29) is 18.6 Å². The standard InChI is InChI=1S/C14H12O3/c15-13(7-8-14(16)17)12-6-5-10-3-1-2-4-11(10)9-12/h1-6,9H,7-8H2,(H,16,17)/p-1. The predicted molar refractivity (Wildman–Crippen MR) is 62.5 cm³/mol. The molecule has 2 rings (SSSR count). The van der Waals surface area contributed by atoms with E-state index < -0.39 is 5.97 Å². The van der Waals surface area contributed by atoms with Crippen molar-refractivity contribution in [3.05, 3.63) is 48.0 Å². The van der Waals surface area contributed by atoms with Crippen molar-refractivity contribution in [2.24, 2.45) is 0 Å². The first-order valence-electron chi connectivity index (χ1n) is 5.38. The summed E-state index contributed by atoms with van der Waals surface area (Å²) in [5.74, 6) is -1.36. The van der Waals surface area contributed by atoms with Crippen molar-refractivity contribution in [1.82, 2.24) is 0 Å². The Kier molecular flexibility index (Phi) is 3.19. The Bertz CT molecular complexity index is 572. The summed E-state index contributed by atoms with van der Waals surface area (Å²) < 4.78 is 0. The maximum absolute atomic E-state index is 11.7. The molecule has 0 saturated carbocycles. The number of carboxylic acid groups (broad SMARTS) is 1. The molecule has 0 heterocycles. The minimum absolute atomic E-state index is 0.0132. The zero-order valence-corrected chi connectivity index (χ0v) is 9.18. The van der Waals surface area contributed by atoms with Crippen LogP contribution in [0.1, 0.15) is 23.2 Å². The van der Waals surface area contributed by atoms with E-state index in [1.54, 1.807) is 12.1 Å². The molecule has 3 heteroatoms. The van der Waals surface area contributed by atoms with E-state index in [1.165, 1.54) is 0 Å². The number of carboxylic acids is 1. The SMILES string of the molecule is O=C([O-])CCC(=O)c1ccc2ccccc2c1. The van der Waals surface area contributed by atoms with Gasteiger partial charge in [0.25, 0.3) is 0 Å². The number of benzene rings is 2. The number of ketones is 1. The average molecular weight is 227 g/mol. The Morgan fingerprint density at radius 3 is 2.35 bits per heavy atom. The van der Waals surface area contributed by atoms with E-state index in [0.717, 1.165) is 10.8 Å². The van der Waals surface area contributed by atoms with Gasteiger partial charge in [-0.3, -0.25) is 4.79 Å². The molecule has 17 heavy (non-hydrogen) atoms. The Balaban J connectivity index is 2.24. The molecular weight excluding hydrogens is 216 g/mol. The molecule has 0 aliphatic carbocycles. The van der Waals surface area contributed by atoms with Gasteiger partial charge in [0.2, 0.25) is 0 Å². The number of hydrogen-bond donors (Lipinski definition) is 0. The fourth-order valence-electron chi connectivity index (χ4n) is 1.72. The van der Waals surface area contributed by atoms with Crippen LogP contribution in [0.15, 0.2) is 42.5 Å². The van der Waals surface area contributed by atoms with Crippen LogP contribution in [-0.4, -0.2) is 11.8 Å². The van der Waals surface area contributed by atoms with Crippen molar-refractivity contribution < 1.29 is 14.7 Å². The number of carbonyl (C=O) groups excluding carboxylic acids is 2. The Morgan fingerprint density at radius 1 is 0.941 bits per heavy atom. The van der Waals surface area contributed by atoms with Gasteiger partial charge < -0.3 is 9.90 Å². The van der Waals surface area contributed by atoms with E-state index in [4.69, 9.17) is 0 Å². The van der Waals surface area contributed by atoms with E-state index in [9.17, 15) is 14.7 Å². The number of fused-ring (bicyclic) bond motifs is 1. The molecule has 3 nitrogen and oxygen atoms in total. The van der Waals surface area contributed by atoms with Crippen LogP contribution in [0.2, 0.25) is 0 Å². The van der Waals surface area contributed by atoms with Gasteiger partial charge in [0.05, 0.1) is 0 Å². The molecule has 0 spiro atoms. The third-order valence-electron chi connectivity index (χ3n) is 2.63. The van der Waals surface area contributed by atoms with Gasteiger partial charge in [-0.2, -0.15) is 0 Å². The van der Waals surface area contributed by atoms with Gasteiger partial charge in [-0.1, -0.05) is 36.4 Å². The fraction of sp³-hybridized carbons (Fsp3) is 0.143. The van der Waals surface area contributed by atoms with Crippen LogP contribution in [0.5, 0.6) is 0 Å². The van der Waals surface area contributed by atoms with Crippen LogP contribution in [0.4, 0.5) is 0 Å². The normalized spacial score (nSPS) is 10.4. The summed E-state index contributed by atoms with van der Waals surface area (Å²) in [6, 6.07) is 13.1. The van der Waals surface area contributed by atoms with Gasteiger partial charge in [-0.05, 0) is 23.3 Å². The monoisotopic (exact) mass is 227 g/mol. The highest BCUT2D eigenvalue weighted by Crippen LogP contribution is 2.16. The van der Waals surface area contributed by atoms with Crippen molar-refractivity contribution in [3.8, 4) is 0 Å². The molecule has 0 aliphatic rings. The van der Waals surface area contributed by atoms with Crippen LogP contribution in [0.25, 0.3) is 10.8 Å². The zero-order chi connectivity index (χ0) is 12.3. The Labute approximate surface area is 98.7 Å². The quantitative estimate of drug-likeness (QED) is 0.744. The number of rotatable bonds is 4. The molecule has 86 valence electrons. The average Bonchev–Trinajstić information content (AvgIpc) is 2.35. The number of hydrogen-bond acceptors (Lipinski definition) is 3. The summed E-state index contributed by atoms with van der Waals surface area (Å²) in [7, 11) is 0. The largest absolute Gasteiger partial charge is 0.550 e. The third-order valence-corrected chi connectivity index (χ3v) is 2.63. The Hall–Kier alpha value is -2.16. The smallest absolute Gasteiger partial charge is 0.163 e. The highest BCUT2D eigenvalue weighted by Gasteiger charge is 2.06. The molecule has 0 amide bonds. The molecule has 0 fully saturated rings. The summed E-state index contributed by atoms with van der Waals surface area (Å²) in [6.07, 6.45) is -0.244. The number of Topliss-reactive ketones (excluding diaryl/α,β-unsaturated/α-hetero) is 1. The van der Waals surface area contributed by atoms with Crippen molar-refractivity contribution in [2.45, 2.75) is 12.8 Å². The molecule has 0 radical (unpaired) electrons. The van der Waals surface area contributed by atoms with Gasteiger partial charge in [0, 0.05) is 18.0 Å². The second kappa shape index (κ2) is 4.78. The molecule has 0 N–H and O–H groups in total. The van der Waals surface area contributed by atoms with Crippen LogP contribution >= 0.6 is 0 Å². The van der Waals surface area contributed by atoms with Crippen LogP contribution < -0.4 is 5.11 Å². The van der Waals surface area contributed by atoms with Crippen molar-refractivity contribution >= 4 is 22.5 Å². The molecular formula is C14H11O3-. The molecule has 0 saturated heterocycles. The first-order valence-corrected chi connectivity index (χ1v) is 5.38. The van der Waals surface area contributed by atoms with Crippen LogP contribution in [0, 0.1) is 0 Å². The van der Waals surface area contributed by atoms with Crippen LogP contribution in [-0.2, 0) is 4.79 Å². The minimum Gasteiger partial charge on any atom is -0.550 e. The Morgan fingerprint density at radius 2 is 1.65 bits per heavy atom. The van der Waals surface area contributed by atoms with E-state index in [0.29, 0.717) is 5.56 Å². The maximum Gasteiger partial charge on any atom is 0.163 e. The highest BCUT2D eigenvalue weighted by molar-refractivity contribution is 6.00. The topological polar surface area (TPSA) is 57.2 Å². The second-order valence-electron chi connectivity index (χ2n) is 3.86. The lowest BCUT2D eigenvalue weighted by molar-refractivity contribution is -0.305. The van der Waals surface area contributed by atoms with E-state index in [1.807, 2.05) is 30.3 Å². The molecule has 2 aromatic carbocycles. The second-order valence-corrected chi connectivity index (χ2v) is 3.86. The zero-order valence-electron chi connectivity index (χ0n) is 9.18. The minimum atomic E-state index is -1.20. The summed E-state index contributed by atoms with van der Waals surface area (Å²) in [4.78, 5) is 22.0. The lowest BCUT2D eigenvalue weighted by Gasteiger charge is -2.04. The van der Waals surface area contributed by atoms with Gasteiger partial charge >= 0.3 is 0 Å². The summed E-state index contributed by atoms with van der Waals surface area (Å²) in [6.45, 7) is 0. The van der Waals surface area contributed by atoms with E-state index >= 15 is 0 Å². The van der Waals surface area contributed by atoms with Crippen molar-refractivity contribution in [3.63, 3.8) is 0 Å².